The summed E-state index contributed by atoms with van der Waals surface area (Å²) in [5.74, 6) is 1.30. The average Bonchev–Trinajstić information content (AvgIpc) is 3.01. The van der Waals surface area contributed by atoms with Gasteiger partial charge in [0, 0.05) is 17.6 Å². The van der Waals surface area contributed by atoms with Crippen LogP contribution in [0.4, 0.5) is 4.39 Å². The van der Waals surface area contributed by atoms with Gasteiger partial charge < -0.3 is 15.1 Å². The molecule has 126 valence electrons. The maximum Gasteiger partial charge on any atom is 0.191 e. The Morgan fingerprint density at radius 3 is 2.83 bits per heavy atom. The fraction of sp³-hybridized carbons (Fsp3) is 0.312. The molecule has 0 amide bonds. The number of furan rings is 1. The van der Waals surface area contributed by atoms with Crippen LogP contribution >= 0.6 is 39.9 Å². The lowest BCUT2D eigenvalue weighted by Crippen LogP contribution is -2.38. The lowest BCUT2D eigenvalue weighted by atomic mass is 10.1. The molecular weight excluding hydrogens is 476 g/mol. The third kappa shape index (κ3) is 6.90. The summed E-state index contributed by atoms with van der Waals surface area (Å²) in [6.45, 7) is 3.82. The molecule has 0 saturated heterocycles. The van der Waals surface area contributed by atoms with Crippen molar-refractivity contribution in [3.05, 3.63) is 58.2 Å². The van der Waals surface area contributed by atoms with E-state index in [0.717, 1.165) is 16.8 Å². The summed E-state index contributed by atoms with van der Waals surface area (Å²) in [4.78, 5) is 4.42. The van der Waals surface area contributed by atoms with Crippen LogP contribution in [-0.4, -0.2) is 19.0 Å². The van der Waals surface area contributed by atoms with Crippen molar-refractivity contribution in [2.75, 3.05) is 13.1 Å². The van der Waals surface area contributed by atoms with Crippen molar-refractivity contribution in [2.24, 2.45) is 4.99 Å². The van der Waals surface area contributed by atoms with Gasteiger partial charge in [0.05, 0.1) is 6.26 Å². The van der Waals surface area contributed by atoms with E-state index in [4.69, 9.17) is 4.42 Å². The van der Waals surface area contributed by atoms with Crippen molar-refractivity contribution in [1.29, 1.82) is 0 Å². The monoisotopic (exact) mass is 495 g/mol. The summed E-state index contributed by atoms with van der Waals surface area (Å²) < 4.78 is 19.8. The molecule has 0 saturated carbocycles. The number of aliphatic imine (C=N–C) groups is 1. The summed E-state index contributed by atoms with van der Waals surface area (Å²) in [5.41, 5.74) is 0.670. The zero-order chi connectivity index (χ0) is 15.8. The third-order valence-corrected chi connectivity index (χ3v) is 3.51. The van der Waals surface area contributed by atoms with E-state index >= 15 is 0 Å². The Morgan fingerprint density at radius 1 is 1.30 bits per heavy atom. The number of halogens is 3. The standard InChI is InChI=1S/C16H19BrFN3O.HI/c1-2-19-16(21-11-14-4-3-9-22-14)20-8-7-12-10-13(17)5-6-15(12)18;/h3-6,9-10H,2,7-8,11H2,1H3,(H2,19,20,21);1H. The molecule has 2 aromatic rings. The first-order chi connectivity index (χ1) is 10.7. The lowest BCUT2D eigenvalue weighted by molar-refractivity contribution is 0.512. The quantitative estimate of drug-likeness (QED) is 0.360. The summed E-state index contributed by atoms with van der Waals surface area (Å²) in [7, 11) is 0. The Hall–Kier alpha value is -1.09. The molecular formula is C16H20BrFIN3O. The van der Waals surface area contributed by atoms with Gasteiger partial charge in [0.25, 0.3) is 0 Å². The number of hydrogen-bond acceptors (Lipinski definition) is 2. The van der Waals surface area contributed by atoms with Gasteiger partial charge in [-0.15, -0.1) is 24.0 Å². The van der Waals surface area contributed by atoms with Gasteiger partial charge in [0.2, 0.25) is 0 Å². The molecule has 0 fully saturated rings. The van der Waals surface area contributed by atoms with Gasteiger partial charge in [0.15, 0.2) is 5.96 Å². The Balaban J connectivity index is 0.00000264. The normalized spacial score (nSPS) is 11.0. The van der Waals surface area contributed by atoms with E-state index in [1.54, 1.807) is 18.4 Å². The molecule has 0 radical (unpaired) electrons. The zero-order valence-electron chi connectivity index (χ0n) is 12.8. The van der Waals surface area contributed by atoms with Crippen LogP contribution in [0.5, 0.6) is 0 Å². The lowest BCUT2D eigenvalue weighted by Gasteiger charge is -2.11. The molecule has 0 spiro atoms. The van der Waals surface area contributed by atoms with Gasteiger partial charge in [-0.25, -0.2) is 9.38 Å². The van der Waals surface area contributed by atoms with E-state index < -0.39 is 0 Å². The molecule has 0 aliphatic rings. The smallest absolute Gasteiger partial charge is 0.191 e. The molecule has 0 aliphatic heterocycles. The minimum absolute atomic E-state index is 0. The maximum atomic E-state index is 13.7. The first-order valence-corrected chi connectivity index (χ1v) is 7.97. The highest BCUT2D eigenvalue weighted by Gasteiger charge is 2.04. The first-order valence-electron chi connectivity index (χ1n) is 7.17. The van der Waals surface area contributed by atoms with Crippen molar-refractivity contribution in [3.8, 4) is 0 Å². The van der Waals surface area contributed by atoms with E-state index in [-0.39, 0.29) is 29.8 Å². The van der Waals surface area contributed by atoms with Crippen LogP contribution in [0.25, 0.3) is 0 Å². The van der Waals surface area contributed by atoms with Crippen LogP contribution in [-0.2, 0) is 13.0 Å². The highest BCUT2D eigenvalue weighted by atomic mass is 127. The second-order valence-electron chi connectivity index (χ2n) is 4.69. The van der Waals surface area contributed by atoms with Gasteiger partial charge >= 0.3 is 0 Å². The number of guanidine groups is 1. The van der Waals surface area contributed by atoms with E-state index in [9.17, 15) is 4.39 Å². The molecule has 0 aliphatic carbocycles. The van der Waals surface area contributed by atoms with Crippen LogP contribution < -0.4 is 10.6 Å². The Kier molecular flexibility index (Phi) is 9.23. The van der Waals surface area contributed by atoms with Gasteiger partial charge in [-0.2, -0.15) is 0 Å². The van der Waals surface area contributed by atoms with Gasteiger partial charge in [0.1, 0.15) is 18.1 Å². The molecule has 0 unspecified atom stereocenters. The number of nitrogens with zero attached hydrogens (tertiary/aromatic N) is 1. The van der Waals surface area contributed by atoms with Crippen LogP contribution in [0, 0.1) is 5.82 Å². The highest BCUT2D eigenvalue weighted by molar-refractivity contribution is 14.0. The molecule has 7 heteroatoms. The van der Waals surface area contributed by atoms with Crippen molar-refractivity contribution < 1.29 is 8.81 Å². The molecule has 1 heterocycles. The molecule has 2 N–H and O–H groups in total. The summed E-state index contributed by atoms with van der Waals surface area (Å²) in [5, 5.41) is 6.35. The third-order valence-electron chi connectivity index (χ3n) is 3.01. The zero-order valence-corrected chi connectivity index (χ0v) is 16.7. The summed E-state index contributed by atoms with van der Waals surface area (Å²) in [6, 6.07) is 8.67. The fourth-order valence-corrected chi connectivity index (χ4v) is 2.36. The van der Waals surface area contributed by atoms with Crippen molar-refractivity contribution in [1.82, 2.24) is 10.6 Å². The highest BCUT2D eigenvalue weighted by Crippen LogP contribution is 2.15. The van der Waals surface area contributed by atoms with Gasteiger partial charge in [-0.1, -0.05) is 15.9 Å². The maximum absolute atomic E-state index is 13.7. The van der Waals surface area contributed by atoms with E-state index in [2.05, 4.69) is 31.6 Å². The van der Waals surface area contributed by atoms with Crippen LogP contribution in [0.1, 0.15) is 18.2 Å². The number of rotatable bonds is 6. The van der Waals surface area contributed by atoms with E-state index in [1.165, 1.54) is 6.07 Å². The van der Waals surface area contributed by atoms with Crippen LogP contribution in [0.3, 0.4) is 0 Å². The van der Waals surface area contributed by atoms with Crippen LogP contribution in [0.15, 0.2) is 50.5 Å². The van der Waals surface area contributed by atoms with Crippen molar-refractivity contribution >= 4 is 45.9 Å². The van der Waals surface area contributed by atoms with E-state index in [0.29, 0.717) is 31.0 Å². The number of benzene rings is 1. The minimum Gasteiger partial charge on any atom is -0.467 e. The molecule has 1 aromatic heterocycles. The second-order valence-corrected chi connectivity index (χ2v) is 5.60. The molecule has 2 rings (SSSR count). The largest absolute Gasteiger partial charge is 0.467 e. The first kappa shape index (κ1) is 20.0. The molecule has 0 atom stereocenters. The number of nitrogens with one attached hydrogen (secondary N) is 2. The molecule has 1 aromatic carbocycles. The van der Waals surface area contributed by atoms with Crippen LogP contribution in [0.2, 0.25) is 0 Å². The predicted octanol–water partition coefficient (Wildman–Crippen LogP) is 4.10. The summed E-state index contributed by atoms with van der Waals surface area (Å²) >= 11 is 3.36. The molecule has 0 bridgehead atoms. The fourth-order valence-electron chi connectivity index (χ4n) is 1.95. The van der Waals surface area contributed by atoms with E-state index in [1.807, 2.05) is 19.1 Å². The van der Waals surface area contributed by atoms with Crippen molar-refractivity contribution in [3.63, 3.8) is 0 Å². The summed E-state index contributed by atoms with van der Waals surface area (Å²) in [6.07, 6.45) is 2.21. The SMILES string of the molecule is CCNC(=NCc1ccco1)NCCc1cc(Br)ccc1F.I. The Labute approximate surface area is 161 Å². The van der Waals surface area contributed by atoms with Gasteiger partial charge in [-0.3, -0.25) is 0 Å². The van der Waals surface area contributed by atoms with Gasteiger partial charge in [-0.05, 0) is 49.2 Å². The predicted molar refractivity (Wildman–Crippen MR) is 105 cm³/mol. The number of hydrogen-bond donors (Lipinski definition) is 2. The molecule has 23 heavy (non-hydrogen) atoms. The topological polar surface area (TPSA) is 49.6 Å². The second kappa shape index (κ2) is 10.6. The molecule has 4 nitrogen and oxygen atoms in total. The Bertz CT molecular complexity index is 620. The minimum atomic E-state index is -0.192. The average molecular weight is 496 g/mol. The van der Waals surface area contributed by atoms with Crippen molar-refractivity contribution in [2.45, 2.75) is 19.9 Å². The Morgan fingerprint density at radius 2 is 2.13 bits per heavy atom.